The quantitative estimate of drug-likeness (QED) is 0.419. The lowest BCUT2D eigenvalue weighted by atomic mass is 9.95. The number of nitrogens with zero attached hydrogens (tertiary/aromatic N) is 3. The fraction of sp³-hybridized carbons (Fsp3) is 0.143. The lowest BCUT2D eigenvalue weighted by Crippen LogP contribution is -2.32. The number of nitrogens with one attached hydrogen (secondary N) is 2. The van der Waals surface area contributed by atoms with E-state index in [-0.39, 0.29) is 23.9 Å². The van der Waals surface area contributed by atoms with E-state index in [1.165, 1.54) is 31.2 Å². The van der Waals surface area contributed by atoms with Gasteiger partial charge in [-0.1, -0.05) is 18.2 Å². The predicted molar refractivity (Wildman–Crippen MR) is 134 cm³/mol. The third kappa shape index (κ3) is 4.57. The second-order valence-corrected chi connectivity index (χ2v) is 8.68. The fourth-order valence-corrected chi connectivity index (χ4v) is 4.69. The van der Waals surface area contributed by atoms with Gasteiger partial charge in [-0.15, -0.1) is 0 Å². The second kappa shape index (κ2) is 9.66. The van der Waals surface area contributed by atoms with Crippen molar-refractivity contribution in [2.45, 2.75) is 19.9 Å². The van der Waals surface area contributed by atoms with Gasteiger partial charge in [-0.25, -0.2) is 13.8 Å². The van der Waals surface area contributed by atoms with Crippen molar-refractivity contribution in [3.63, 3.8) is 0 Å². The van der Waals surface area contributed by atoms with Crippen LogP contribution in [0.2, 0.25) is 0 Å². The van der Waals surface area contributed by atoms with E-state index in [4.69, 9.17) is 0 Å². The summed E-state index contributed by atoms with van der Waals surface area (Å²) in [4.78, 5) is 29.1. The molecule has 0 saturated carbocycles. The zero-order valence-electron chi connectivity index (χ0n) is 19.8. The molecule has 2 aromatic heterocycles. The zero-order chi connectivity index (χ0) is 26.1. The number of hydrogen-bond donors (Lipinski definition) is 2. The summed E-state index contributed by atoms with van der Waals surface area (Å²) in [6.45, 7) is 2.06. The molecule has 0 spiro atoms. The molecule has 0 aliphatic carbocycles. The Labute approximate surface area is 211 Å². The third-order valence-corrected chi connectivity index (χ3v) is 6.21. The number of halogens is 2. The Bertz CT molecular complexity index is 1590. The summed E-state index contributed by atoms with van der Waals surface area (Å²) in [5.41, 5.74) is 4.40. The van der Waals surface area contributed by atoms with Crippen molar-refractivity contribution in [3.05, 3.63) is 94.8 Å². The minimum Gasteiger partial charge on any atom is -0.352 e. The van der Waals surface area contributed by atoms with Crippen LogP contribution in [-0.4, -0.2) is 27.9 Å². The molecule has 2 amide bonds. The van der Waals surface area contributed by atoms with Crippen LogP contribution in [0.3, 0.4) is 0 Å². The van der Waals surface area contributed by atoms with Gasteiger partial charge in [0.25, 0.3) is 5.91 Å². The van der Waals surface area contributed by atoms with E-state index >= 15 is 0 Å². The molecule has 0 fully saturated rings. The summed E-state index contributed by atoms with van der Waals surface area (Å²) in [5.74, 6) is -1.23. The number of nitriles is 1. The number of pyridine rings is 1. The first-order chi connectivity index (χ1) is 17.9. The van der Waals surface area contributed by atoms with E-state index in [9.17, 15) is 23.6 Å². The first kappa shape index (κ1) is 23.9. The number of amides is 2. The summed E-state index contributed by atoms with van der Waals surface area (Å²) in [5, 5.41) is 14.9. The standard InChI is InChI=1S/C28H21F2N5O2/c1-16(36)34-24-13-19(8-10-32-24)27-25(18-3-5-21(29)6-4-18)26-23(9-11-33-28(26)37)35(27)15-17-2-7-22(30)20(12-17)14-31/h2-8,10,12-13H,9,11,15H2,1H3,(H,33,37)(H,32,34,36). The minimum atomic E-state index is -0.610. The lowest BCUT2D eigenvalue weighted by Gasteiger charge is -2.18. The molecule has 2 aromatic carbocycles. The van der Waals surface area contributed by atoms with Crippen LogP contribution in [0.15, 0.2) is 60.8 Å². The summed E-state index contributed by atoms with van der Waals surface area (Å²) >= 11 is 0. The Balaban J connectivity index is 1.80. The molecule has 0 atom stereocenters. The molecule has 37 heavy (non-hydrogen) atoms. The van der Waals surface area contributed by atoms with Crippen LogP contribution < -0.4 is 10.6 Å². The number of carbonyl (C=O) groups is 2. The van der Waals surface area contributed by atoms with Gasteiger partial charge >= 0.3 is 0 Å². The highest BCUT2D eigenvalue weighted by atomic mass is 19.1. The first-order valence-electron chi connectivity index (χ1n) is 11.6. The molecule has 0 saturated heterocycles. The monoisotopic (exact) mass is 497 g/mol. The number of hydrogen-bond acceptors (Lipinski definition) is 4. The van der Waals surface area contributed by atoms with Gasteiger partial charge in [0, 0.05) is 49.5 Å². The molecule has 7 nitrogen and oxygen atoms in total. The molecule has 184 valence electrons. The molecule has 0 bridgehead atoms. The number of anilines is 1. The highest BCUT2D eigenvalue weighted by Crippen LogP contribution is 2.41. The van der Waals surface area contributed by atoms with E-state index in [0.717, 1.165) is 5.69 Å². The number of fused-ring (bicyclic) bond motifs is 1. The van der Waals surface area contributed by atoms with Gasteiger partial charge in [0.05, 0.1) is 16.8 Å². The summed E-state index contributed by atoms with van der Waals surface area (Å²) in [6.07, 6.45) is 2.09. The van der Waals surface area contributed by atoms with Crippen molar-refractivity contribution < 1.29 is 18.4 Å². The third-order valence-electron chi connectivity index (χ3n) is 6.21. The van der Waals surface area contributed by atoms with E-state index in [1.807, 2.05) is 10.6 Å². The van der Waals surface area contributed by atoms with Gasteiger partial charge < -0.3 is 15.2 Å². The molecule has 5 rings (SSSR count). The molecule has 9 heteroatoms. The molecular formula is C28H21F2N5O2. The SMILES string of the molecule is CC(=O)Nc1cc(-c2c(-c3ccc(F)cc3)c3c(n2Cc2ccc(F)c(C#N)c2)CCNC3=O)ccn1. The van der Waals surface area contributed by atoms with Crippen LogP contribution in [0.25, 0.3) is 22.4 Å². The van der Waals surface area contributed by atoms with Crippen molar-refractivity contribution in [3.8, 4) is 28.5 Å². The van der Waals surface area contributed by atoms with E-state index < -0.39 is 11.6 Å². The minimum absolute atomic E-state index is 0.0755. The molecule has 4 aromatic rings. The van der Waals surface area contributed by atoms with Crippen LogP contribution in [0.4, 0.5) is 14.6 Å². The van der Waals surface area contributed by atoms with Crippen molar-refractivity contribution in [2.24, 2.45) is 0 Å². The topological polar surface area (TPSA) is 99.8 Å². The molecule has 3 heterocycles. The normalized spacial score (nSPS) is 12.4. The van der Waals surface area contributed by atoms with Gasteiger partial charge in [-0.3, -0.25) is 9.59 Å². The lowest BCUT2D eigenvalue weighted by molar-refractivity contribution is -0.114. The Morgan fingerprint density at radius 3 is 2.62 bits per heavy atom. The summed E-state index contributed by atoms with van der Waals surface area (Å²) in [7, 11) is 0. The van der Waals surface area contributed by atoms with Crippen LogP contribution in [-0.2, 0) is 17.8 Å². The predicted octanol–water partition coefficient (Wildman–Crippen LogP) is 4.66. The number of carbonyl (C=O) groups excluding carboxylic acids is 2. The largest absolute Gasteiger partial charge is 0.352 e. The van der Waals surface area contributed by atoms with Gasteiger partial charge in [-0.2, -0.15) is 5.26 Å². The first-order valence-corrected chi connectivity index (χ1v) is 11.6. The molecular weight excluding hydrogens is 476 g/mol. The van der Waals surface area contributed by atoms with Crippen LogP contribution in [0, 0.1) is 23.0 Å². The maximum Gasteiger partial charge on any atom is 0.253 e. The highest BCUT2D eigenvalue weighted by Gasteiger charge is 2.31. The summed E-state index contributed by atoms with van der Waals surface area (Å²) < 4.78 is 29.8. The Morgan fingerprint density at radius 2 is 1.89 bits per heavy atom. The maximum atomic E-state index is 14.0. The fourth-order valence-electron chi connectivity index (χ4n) is 4.69. The van der Waals surface area contributed by atoms with Crippen LogP contribution in [0.1, 0.15) is 34.1 Å². The molecule has 1 aliphatic rings. The van der Waals surface area contributed by atoms with Gasteiger partial charge in [0.1, 0.15) is 23.5 Å². The Kier molecular flexibility index (Phi) is 6.24. The van der Waals surface area contributed by atoms with Gasteiger partial charge in [0.15, 0.2) is 0 Å². The zero-order valence-corrected chi connectivity index (χ0v) is 19.8. The molecule has 0 radical (unpaired) electrons. The van der Waals surface area contributed by atoms with E-state index in [1.54, 1.807) is 36.5 Å². The Hall–Kier alpha value is -4.84. The molecule has 1 aliphatic heterocycles. The number of rotatable bonds is 5. The average Bonchev–Trinajstić information content (AvgIpc) is 3.20. The second-order valence-electron chi connectivity index (χ2n) is 8.68. The molecule has 2 N–H and O–H groups in total. The van der Waals surface area contributed by atoms with Crippen molar-refractivity contribution in [1.29, 1.82) is 5.26 Å². The van der Waals surface area contributed by atoms with Crippen LogP contribution in [0.5, 0.6) is 0 Å². The maximum absolute atomic E-state index is 14.0. The van der Waals surface area contributed by atoms with Crippen molar-refractivity contribution in [2.75, 3.05) is 11.9 Å². The highest BCUT2D eigenvalue weighted by molar-refractivity contribution is 6.07. The molecule has 0 unspecified atom stereocenters. The van der Waals surface area contributed by atoms with Crippen molar-refractivity contribution >= 4 is 17.6 Å². The van der Waals surface area contributed by atoms with Crippen molar-refractivity contribution in [1.82, 2.24) is 14.9 Å². The van der Waals surface area contributed by atoms with Gasteiger partial charge in [0.2, 0.25) is 5.91 Å². The summed E-state index contributed by atoms with van der Waals surface area (Å²) in [6, 6.07) is 15.6. The Morgan fingerprint density at radius 1 is 1.11 bits per heavy atom. The van der Waals surface area contributed by atoms with Gasteiger partial charge in [-0.05, 0) is 47.5 Å². The number of aromatic nitrogens is 2. The van der Waals surface area contributed by atoms with Crippen LogP contribution >= 0.6 is 0 Å². The average molecular weight is 498 g/mol. The van der Waals surface area contributed by atoms with E-state index in [0.29, 0.717) is 52.3 Å². The number of benzene rings is 2. The van der Waals surface area contributed by atoms with E-state index in [2.05, 4.69) is 15.6 Å². The smallest absolute Gasteiger partial charge is 0.253 e.